The average molecular weight is 162 g/mol. The first-order valence-electron chi connectivity index (χ1n) is 2.52. The summed E-state index contributed by atoms with van der Waals surface area (Å²) >= 11 is 4.70. The van der Waals surface area contributed by atoms with Gasteiger partial charge in [-0.15, -0.1) is 0 Å². The van der Waals surface area contributed by atoms with Crippen molar-refractivity contribution >= 4 is 23.4 Å². The largest absolute Gasteiger partial charge is 0.351 e. The van der Waals surface area contributed by atoms with Gasteiger partial charge in [-0.25, -0.2) is 10.6 Å². The fourth-order valence-corrected chi connectivity index (χ4v) is 0.421. The number of carbonyl (C=O) groups is 1. The molecule has 0 unspecified atom stereocenters. The van der Waals surface area contributed by atoms with Crippen molar-refractivity contribution in [1.82, 2.24) is 9.91 Å². The van der Waals surface area contributed by atoms with E-state index in [2.05, 4.69) is 0 Å². The third-order valence-electron chi connectivity index (χ3n) is 0.919. The molecule has 0 rings (SSSR count). The molecule has 0 atom stereocenters. The fraction of sp³-hybridized carbons (Fsp3) is 0.500. The Morgan fingerprint density at radius 2 is 1.90 bits per heavy atom. The van der Waals surface area contributed by atoms with Crippen LogP contribution >= 0.6 is 12.2 Å². The Hall–Kier alpha value is -0.880. The van der Waals surface area contributed by atoms with E-state index >= 15 is 0 Å². The van der Waals surface area contributed by atoms with Gasteiger partial charge in [0.15, 0.2) is 5.11 Å². The first kappa shape index (κ1) is 9.12. The second-order valence-electron chi connectivity index (χ2n) is 1.79. The zero-order valence-electron chi connectivity index (χ0n) is 5.87. The summed E-state index contributed by atoms with van der Waals surface area (Å²) in [5, 5.41) is 1.33. The predicted molar refractivity (Wildman–Crippen MR) is 41.9 cm³/mol. The van der Waals surface area contributed by atoms with Crippen molar-refractivity contribution in [3.8, 4) is 0 Å². The lowest BCUT2D eigenvalue weighted by Gasteiger charge is -2.20. The summed E-state index contributed by atoms with van der Waals surface area (Å²) in [5.74, 6) is 5.22. The maximum Gasteiger partial charge on any atom is 0.320 e. The van der Waals surface area contributed by atoms with E-state index in [0.29, 0.717) is 0 Å². The molecule has 0 aromatic carbocycles. The van der Waals surface area contributed by atoms with Gasteiger partial charge in [0.25, 0.3) is 0 Å². The highest BCUT2D eigenvalue weighted by atomic mass is 32.1. The Balaban J connectivity index is 4.08. The van der Waals surface area contributed by atoms with E-state index in [1.807, 2.05) is 0 Å². The Morgan fingerprint density at radius 3 is 2.00 bits per heavy atom. The van der Waals surface area contributed by atoms with E-state index in [9.17, 15) is 4.79 Å². The molecule has 0 spiro atoms. The molecule has 0 heterocycles. The molecular formula is C4H10N4OS. The van der Waals surface area contributed by atoms with Gasteiger partial charge in [0.2, 0.25) is 0 Å². The number of primary amides is 1. The molecule has 0 saturated carbocycles. The number of thiocarbonyl (C=S) groups is 1. The van der Waals surface area contributed by atoms with Gasteiger partial charge in [0.05, 0.1) is 0 Å². The van der Waals surface area contributed by atoms with Crippen LogP contribution in [0.4, 0.5) is 4.79 Å². The molecule has 0 fully saturated rings. The molecule has 2 amide bonds. The zero-order chi connectivity index (χ0) is 8.31. The van der Waals surface area contributed by atoms with E-state index in [0.717, 1.165) is 9.91 Å². The minimum absolute atomic E-state index is 0.188. The van der Waals surface area contributed by atoms with Crippen molar-refractivity contribution in [2.24, 2.45) is 11.6 Å². The summed E-state index contributed by atoms with van der Waals surface area (Å²) in [5.41, 5.74) is 4.89. The van der Waals surface area contributed by atoms with Crippen LogP contribution in [0.1, 0.15) is 0 Å². The summed E-state index contributed by atoms with van der Waals surface area (Å²) in [6, 6.07) is -0.623. The van der Waals surface area contributed by atoms with Crippen molar-refractivity contribution in [2.45, 2.75) is 0 Å². The first-order chi connectivity index (χ1) is 4.46. The number of carbonyl (C=O) groups excluding carboxylic acids is 1. The van der Waals surface area contributed by atoms with Crippen LogP contribution in [0.5, 0.6) is 0 Å². The highest BCUT2D eigenvalue weighted by Gasteiger charge is 2.10. The minimum Gasteiger partial charge on any atom is -0.351 e. The number of nitrogens with zero attached hydrogens (tertiary/aromatic N) is 2. The maximum absolute atomic E-state index is 10.4. The summed E-state index contributed by atoms with van der Waals surface area (Å²) in [6.45, 7) is 0. The molecule has 0 aromatic heterocycles. The van der Waals surface area contributed by atoms with E-state index in [1.54, 1.807) is 0 Å². The fourth-order valence-electron chi connectivity index (χ4n) is 0.331. The molecule has 6 heteroatoms. The average Bonchev–Trinajstić information content (AvgIpc) is 1.84. The van der Waals surface area contributed by atoms with E-state index < -0.39 is 6.03 Å². The SMILES string of the molecule is CN(N)C(=S)N(C)C(N)=O. The van der Waals surface area contributed by atoms with Crippen LogP contribution in [-0.2, 0) is 0 Å². The molecule has 4 N–H and O–H groups in total. The van der Waals surface area contributed by atoms with Gasteiger partial charge in [-0.2, -0.15) is 0 Å². The second kappa shape index (κ2) is 3.33. The van der Waals surface area contributed by atoms with Gasteiger partial charge < -0.3 is 5.73 Å². The summed E-state index contributed by atoms with van der Waals surface area (Å²) in [6.07, 6.45) is 0. The Bertz CT molecular complexity index is 157. The van der Waals surface area contributed by atoms with E-state index in [4.69, 9.17) is 23.8 Å². The molecule has 5 nitrogen and oxygen atoms in total. The summed E-state index contributed by atoms with van der Waals surface area (Å²) < 4.78 is 0. The van der Waals surface area contributed by atoms with Gasteiger partial charge in [0.1, 0.15) is 0 Å². The number of amides is 2. The van der Waals surface area contributed by atoms with Crippen LogP contribution in [0.2, 0.25) is 0 Å². The lowest BCUT2D eigenvalue weighted by atomic mass is 10.8. The molecule has 0 saturated heterocycles. The van der Waals surface area contributed by atoms with Crippen molar-refractivity contribution in [3.63, 3.8) is 0 Å². The van der Waals surface area contributed by atoms with Gasteiger partial charge in [-0.1, -0.05) is 0 Å². The smallest absolute Gasteiger partial charge is 0.320 e. The van der Waals surface area contributed by atoms with Crippen molar-refractivity contribution < 1.29 is 4.79 Å². The number of hydrogen-bond donors (Lipinski definition) is 2. The predicted octanol–water partition coefficient (Wildman–Crippen LogP) is -0.913. The van der Waals surface area contributed by atoms with Crippen molar-refractivity contribution in [2.75, 3.05) is 14.1 Å². The Labute approximate surface area is 64.5 Å². The topological polar surface area (TPSA) is 75.6 Å². The van der Waals surface area contributed by atoms with Crippen molar-refractivity contribution in [1.29, 1.82) is 0 Å². The third kappa shape index (κ3) is 2.16. The molecule has 0 aliphatic heterocycles. The maximum atomic E-state index is 10.4. The van der Waals surface area contributed by atoms with Gasteiger partial charge in [-0.3, -0.25) is 9.91 Å². The Morgan fingerprint density at radius 1 is 1.50 bits per heavy atom. The highest BCUT2D eigenvalue weighted by Crippen LogP contribution is 1.87. The molecule has 0 aliphatic rings. The van der Waals surface area contributed by atoms with Gasteiger partial charge in [0, 0.05) is 14.1 Å². The van der Waals surface area contributed by atoms with Crippen molar-refractivity contribution in [3.05, 3.63) is 0 Å². The van der Waals surface area contributed by atoms with Crippen LogP contribution < -0.4 is 11.6 Å². The van der Waals surface area contributed by atoms with Gasteiger partial charge in [-0.05, 0) is 12.2 Å². The molecular weight excluding hydrogens is 152 g/mol. The van der Waals surface area contributed by atoms with Crippen LogP contribution in [0.3, 0.4) is 0 Å². The number of nitrogens with two attached hydrogens (primary N) is 2. The molecule has 0 aliphatic carbocycles. The third-order valence-corrected chi connectivity index (χ3v) is 1.48. The van der Waals surface area contributed by atoms with Crippen LogP contribution in [0, 0.1) is 0 Å². The van der Waals surface area contributed by atoms with Crippen LogP contribution in [0.25, 0.3) is 0 Å². The summed E-state index contributed by atoms with van der Waals surface area (Å²) in [7, 11) is 2.98. The number of urea groups is 1. The number of hydrogen-bond acceptors (Lipinski definition) is 3. The monoisotopic (exact) mass is 162 g/mol. The Kier molecular flexibility index (Phi) is 3.04. The van der Waals surface area contributed by atoms with Crippen LogP contribution in [0.15, 0.2) is 0 Å². The van der Waals surface area contributed by atoms with Crippen LogP contribution in [-0.4, -0.2) is 35.1 Å². The molecule has 0 radical (unpaired) electrons. The quantitative estimate of drug-likeness (QED) is 0.274. The zero-order valence-corrected chi connectivity index (χ0v) is 6.68. The lowest BCUT2D eigenvalue weighted by molar-refractivity contribution is 0.232. The molecule has 0 aromatic rings. The number of hydrazine groups is 1. The normalized spacial score (nSPS) is 8.70. The molecule has 0 bridgehead atoms. The standard InChI is InChI=1S/C4H10N4OS/c1-7(3(5)9)4(10)8(2)6/h6H2,1-2H3,(H2,5,9). The molecule has 58 valence electrons. The molecule has 10 heavy (non-hydrogen) atoms. The second-order valence-corrected chi connectivity index (χ2v) is 2.16. The van der Waals surface area contributed by atoms with Gasteiger partial charge >= 0.3 is 6.03 Å². The lowest BCUT2D eigenvalue weighted by Crippen LogP contribution is -2.47. The number of rotatable bonds is 0. The van der Waals surface area contributed by atoms with E-state index in [1.165, 1.54) is 14.1 Å². The summed E-state index contributed by atoms with van der Waals surface area (Å²) in [4.78, 5) is 11.5. The highest BCUT2D eigenvalue weighted by molar-refractivity contribution is 7.80. The first-order valence-corrected chi connectivity index (χ1v) is 2.93. The minimum atomic E-state index is -0.623. The van der Waals surface area contributed by atoms with E-state index in [-0.39, 0.29) is 5.11 Å².